The molecule has 0 saturated carbocycles. The number of aromatic nitrogens is 1. The maximum Gasteiger partial charge on any atom is 0.416 e. The van der Waals surface area contributed by atoms with Gasteiger partial charge in [0.05, 0.1) is 36.0 Å². The number of alkyl halides is 3. The minimum atomic E-state index is -4.40. The Labute approximate surface area is 291 Å². The number of likely N-dealkylation sites (N-methyl/N-ethyl adjacent to an activating group) is 1. The molecule has 0 fully saturated rings. The summed E-state index contributed by atoms with van der Waals surface area (Å²) < 4.78 is 57.0. The van der Waals surface area contributed by atoms with Gasteiger partial charge in [0.15, 0.2) is 5.76 Å². The Bertz CT molecular complexity index is 1560. The number of carbonyl (C=O) groups excluding carboxylic acids is 2. The molecule has 3 N–H and O–H groups in total. The minimum Gasteiger partial charge on any atom is -0.490 e. The lowest BCUT2D eigenvalue weighted by atomic mass is 10.0. The minimum absolute atomic E-state index is 0.198. The molecular weight excluding hydrogens is 655 g/mol. The van der Waals surface area contributed by atoms with Gasteiger partial charge in [-0.25, -0.2) is 4.79 Å². The third-order valence-corrected chi connectivity index (χ3v) is 8.81. The molecule has 0 aliphatic carbocycles. The first kappa shape index (κ1) is 38.7. The molecule has 2 heterocycles. The highest BCUT2D eigenvalue weighted by molar-refractivity contribution is 6.03. The number of carbonyl (C=O) groups is 2. The summed E-state index contributed by atoms with van der Waals surface area (Å²) in [7, 11) is 1.88. The van der Waals surface area contributed by atoms with Crippen LogP contribution in [0.1, 0.15) is 73.0 Å². The van der Waals surface area contributed by atoms with E-state index in [9.17, 15) is 27.9 Å². The lowest BCUT2D eigenvalue weighted by molar-refractivity contribution is -0.137. The number of aliphatic hydroxyl groups is 1. The Kier molecular flexibility index (Phi) is 13.3. The zero-order valence-electron chi connectivity index (χ0n) is 29.5. The van der Waals surface area contributed by atoms with Gasteiger partial charge in [0.25, 0.3) is 5.91 Å². The Balaban J connectivity index is 1.57. The topological polar surface area (TPSA) is 129 Å². The third-order valence-electron chi connectivity index (χ3n) is 8.81. The number of hydrogen-bond acceptors (Lipinski definition) is 8. The van der Waals surface area contributed by atoms with Gasteiger partial charge in [-0.3, -0.25) is 9.69 Å². The molecule has 3 aromatic rings. The second-order valence-corrected chi connectivity index (χ2v) is 13.2. The Morgan fingerprint density at radius 1 is 1.12 bits per heavy atom. The van der Waals surface area contributed by atoms with E-state index in [1.165, 1.54) is 12.1 Å². The fraction of sp³-hybridized carbons (Fsp3) is 0.528. The normalized spacial score (nSPS) is 20.1. The van der Waals surface area contributed by atoms with E-state index in [4.69, 9.17) is 14.0 Å². The Morgan fingerprint density at radius 2 is 1.84 bits per heavy atom. The van der Waals surface area contributed by atoms with Crippen molar-refractivity contribution in [2.75, 3.05) is 44.0 Å². The van der Waals surface area contributed by atoms with Gasteiger partial charge < -0.3 is 34.6 Å². The molecule has 50 heavy (non-hydrogen) atoms. The van der Waals surface area contributed by atoms with Gasteiger partial charge in [-0.1, -0.05) is 24.2 Å². The molecule has 0 bridgehead atoms. The molecule has 2 aromatic carbocycles. The highest BCUT2D eigenvalue weighted by atomic mass is 19.4. The molecule has 0 radical (unpaired) electrons. The molecule has 0 spiro atoms. The summed E-state index contributed by atoms with van der Waals surface area (Å²) in [5.74, 6) is 0.235. The summed E-state index contributed by atoms with van der Waals surface area (Å²) in [4.78, 5) is 30.8. The van der Waals surface area contributed by atoms with E-state index in [-0.39, 0.29) is 42.7 Å². The first-order chi connectivity index (χ1) is 23.7. The monoisotopic (exact) mass is 703 g/mol. The summed E-state index contributed by atoms with van der Waals surface area (Å²) in [5.41, 5.74) is 1.60. The van der Waals surface area contributed by atoms with Crippen molar-refractivity contribution in [1.82, 2.24) is 15.0 Å². The average Bonchev–Trinajstić information content (AvgIpc) is 3.37. The van der Waals surface area contributed by atoms with Crippen molar-refractivity contribution >= 4 is 23.3 Å². The lowest BCUT2D eigenvalue weighted by Crippen LogP contribution is -2.47. The van der Waals surface area contributed by atoms with Crippen molar-refractivity contribution in [2.24, 2.45) is 5.92 Å². The maximum absolute atomic E-state index is 14.4. The predicted octanol–water partition coefficient (Wildman–Crippen LogP) is 6.88. The number of fused-ring (bicyclic) bond motifs is 1. The zero-order chi connectivity index (χ0) is 36.6. The van der Waals surface area contributed by atoms with E-state index in [1.54, 1.807) is 43.9 Å². The Morgan fingerprint density at radius 3 is 2.48 bits per heavy atom. The maximum atomic E-state index is 14.4. The van der Waals surface area contributed by atoms with Crippen molar-refractivity contribution in [1.29, 1.82) is 0 Å². The van der Waals surface area contributed by atoms with E-state index in [0.717, 1.165) is 30.5 Å². The van der Waals surface area contributed by atoms with Gasteiger partial charge in [-0.15, -0.1) is 0 Å². The Hall–Kier alpha value is -4.14. The molecule has 1 aliphatic rings. The van der Waals surface area contributed by atoms with Crippen LogP contribution in [-0.2, 0) is 17.5 Å². The van der Waals surface area contributed by atoms with E-state index < -0.39 is 23.8 Å². The van der Waals surface area contributed by atoms with Crippen LogP contribution in [0.5, 0.6) is 5.75 Å². The van der Waals surface area contributed by atoms with Gasteiger partial charge in [-0.2, -0.15) is 13.2 Å². The number of nitrogens with zero attached hydrogens (tertiary/aromatic N) is 3. The molecule has 0 unspecified atom stereocenters. The van der Waals surface area contributed by atoms with E-state index in [1.807, 2.05) is 25.8 Å². The largest absolute Gasteiger partial charge is 0.490 e. The van der Waals surface area contributed by atoms with Crippen molar-refractivity contribution in [3.63, 3.8) is 0 Å². The van der Waals surface area contributed by atoms with Crippen molar-refractivity contribution in [3.8, 4) is 5.75 Å². The second-order valence-electron chi connectivity index (χ2n) is 13.2. The molecule has 11 nitrogen and oxygen atoms in total. The van der Waals surface area contributed by atoms with Crippen LogP contribution in [0, 0.1) is 19.8 Å². The fourth-order valence-corrected chi connectivity index (χ4v) is 5.88. The van der Waals surface area contributed by atoms with Crippen LogP contribution in [0.2, 0.25) is 0 Å². The number of urea groups is 1. The molecule has 1 aliphatic heterocycles. The van der Waals surface area contributed by atoms with Crippen LogP contribution in [0.15, 0.2) is 47.0 Å². The number of rotatable bonds is 8. The van der Waals surface area contributed by atoms with Crippen LogP contribution < -0.4 is 15.4 Å². The van der Waals surface area contributed by atoms with E-state index in [2.05, 4.69) is 15.8 Å². The molecule has 4 atom stereocenters. The summed E-state index contributed by atoms with van der Waals surface area (Å²) in [6.45, 7) is 10.3. The quantitative estimate of drug-likeness (QED) is 0.232. The fourth-order valence-electron chi connectivity index (χ4n) is 5.88. The van der Waals surface area contributed by atoms with Gasteiger partial charge in [0, 0.05) is 37.8 Å². The van der Waals surface area contributed by atoms with E-state index >= 15 is 0 Å². The van der Waals surface area contributed by atoms with Gasteiger partial charge >= 0.3 is 12.2 Å². The molecule has 274 valence electrons. The van der Waals surface area contributed by atoms with Gasteiger partial charge in [-0.05, 0) is 89.9 Å². The average molecular weight is 704 g/mol. The van der Waals surface area contributed by atoms with Crippen LogP contribution in [0.25, 0.3) is 0 Å². The number of nitrogens with one attached hydrogen (secondary N) is 2. The molecule has 3 amide bonds. The molecular formula is C36H48F3N5O6. The van der Waals surface area contributed by atoms with Gasteiger partial charge in [0.2, 0.25) is 0 Å². The van der Waals surface area contributed by atoms with Crippen molar-refractivity contribution < 1.29 is 41.9 Å². The number of anilines is 2. The second kappa shape index (κ2) is 17.2. The number of benzene rings is 2. The van der Waals surface area contributed by atoms with Crippen LogP contribution in [-0.4, -0.2) is 83.6 Å². The number of amides is 3. The third kappa shape index (κ3) is 10.4. The smallest absolute Gasteiger partial charge is 0.416 e. The standard InChI is InChI=1S/C36H48F3N5O6/c1-22-18-44(23(2)21-45)34(46)30-17-29(40-35(47)41-33-25(4)42-50-26(33)5)14-15-31(30)49-24(3)9-7-8-16-48-32(22)20-43(6)19-27-10-12-28(13-11-27)36(37,38)39/h10-15,17,22-24,32,45H,7-9,16,18-21H2,1-6H3,(H2,40,41,47)/t22-,23-,24-,32+/m1/s1. The summed E-state index contributed by atoms with van der Waals surface area (Å²) >= 11 is 0. The molecule has 1 aromatic heterocycles. The summed E-state index contributed by atoms with van der Waals surface area (Å²) in [6.07, 6.45) is -2.63. The highest BCUT2D eigenvalue weighted by Gasteiger charge is 2.32. The summed E-state index contributed by atoms with van der Waals surface area (Å²) in [5, 5.41) is 19.6. The molecule has 0 saturated heterocycles. The molecule has 14 heteroatoms. The summed E-state index contributed by atoms with van der Waals surface area (Å²) in [6, 6.07) is 8.90. The van der Waals surface area contributed by atoms with Crippen molar-refractivity contribution in [2.45, 2.75) is 84.9 Å². The SMILES string of the molecule is Cc1noc(C)c1NC(=O)Nc1ccc2c(c1)C(=O)N([C@H](C)CO)C[C@@H](C)[C@H](CN(C)Cc1ccc(C(F)(F)F)cc1)OCCCC[C@@H](C)O2. The number of aliphatic hydroxyl groups excluding tert-OH is 1. The first-order valence-corrected chi connectivity index (χ1v) is 16.9. The zero-order valence-corrected chi connectivity index (χ0v) is 29.5. The molecule has 4 rings (SSSR count). The lowest BCUT2D eigenvalue weighted by Gasteiger charge is -2.36. The van der Waals surface area contributed by atoms with Gasteiger partial charge in [0.1, 0.15) is 17.1 Å². The number of hydrogen-bond donors (Lipinski definition) is 3. The first-order valence-electron chi connectivity index (χ1n) is 16.9. The van der Waals surface area contributed by atoms with Crippen LogP contribution in [0.3, 0.4) is 0 Å². The number of aryl methyl sites for hydroxylation is 2. The van der Waals surface area contributed by atoms with Crippen LogP contribution in [0.4, 0.5) is 29.3 Å². The van der Waals surface area contributed by atoms with E-state index in [0.29, 0.717) is 54.7 Å². The van der Waals surface area contributed by atoms with Crippen molar-refractivity contribution in [3.05, 3.63) is 70.6 Å². The highest BCUT2D eigenvalue weighted by Crippen LogP contribution is 2.31. The number of halogens is 3. The predicted molar refractivity (Wildman–Crippen MR) is 183 cm³/mol. The number of ether oxygens (including phenoxy) is 2. The van der Waals surface area contributed by atoms with Crippen LogP contribution >= 0.6 is 0 Å².